The van der Waals surface area contributed by atoms with Crippen molar-refractivity contribution in [3.63, 3.8) is 0 Å². The minimum Gasteiger partial charge on any atom is -0.490 e. The van der Waals surface area contributed by atoms with E-state index in [9.17, 15) is 0 Å². The van der Waals surface area contributed by atoms with Crippen molar-refractivity contribution in [3.8, 4) is 5.75 Å². The number of aromatic nitrogens is 1. The van der Waals surface area contributed by atoms with E-state index < -0.39 is 0 Å². The number of nitrogens with zero attached hydrogens (tertiary/aromatic N) is 2. The summed E-state index contributed by atoms with van der Waals surface area (Å²) in [7, 11) is 1.99. The summed E-state index contributed by atoms with van der Waals surface area (Å²) in [5, 5.41) is 0.717. The lowest BCUT2D eigenvalue weighted by Crippen LogP contribution is -2.39. The molecular formula is C19H26ClN3O. The van der Waals surface area contributed by atoms with Crippen LogP contribution in [0, 0.1) is 0 Å². The summed E-state index contributed by atoms with van der Waals surface area (Å²) in [5.41, 5.74) is 8.42. The van der Waals surface area contributed by atoms with Gasteiger partial charge in [0, 0.05) is 30.5 Å². The molecule has 1 atom stereocenters. The zero-order valence-corrected chi connectivity index (χ0v) is 15.5. The standard InChI is InChI=1S/C19H26ClN3O/c1-19(2,3)14-8-18(11-22-10-14)24-13-16(21)12-23(4)17-7-5-6-15(20)9-17/h5-11,16H,12-13,21H2,1-4H3/t16-/m0/s1. The number of ether oxygens (including phenoxy) is 1. The first-order chi connectivity index (χ1) is 11.3. The second-order valence-corrected chi connectivity index (χ2v) is 7.53. The average Bonchev–Trinajstić information content (AvgIpc) is 2.52. The fourth-order valence-corrected chi connectivity index (χ4v) is 2.52. The summed E-state index contributed by atoms with van der Waals surface area (Å²) in [6.07, 6.45) is 3.60. The van der Waals surface area contributed by atoms with Crippen molar-refractivity contribution in [2.75, 3.05) is 25.1 Å². The van der Waals surface area contributed by atoms with E-state index in [-0.39, 0.29) is 11.5 Å². The van der Waals surface area contributed by atoms with E-state index >= 15 is 0 Å². The van der Waals surface area contributed by atoms with Crippen LogP contribution in [0.15, 0.2) is 42.7 Å². The highest BCUT2D eigenvalue weighted by molar-refractivity contribution is 6.30. The molecule has 0 saturated heterocycles. The van der Waals surface area contributed by atoms with Gasteiger partial charge in [-0.1, -0.05) is 38.4 Å². The maximum atomic E-state index is 6.20. The molecule has 2 aromatic rings. The largest absolute Gasteiger partial charge is 0.490 e. The molecule has 2 rings (SSSR count). The first-order valence-corrected chi connectivity index (χ1v) is 8.44. The average molecular weight is 348 g/mol. The van der Waals surface area contributed by atoms with Crippen molar-refractivity contribution in [2.45, 2.75) is 32.2 Å². The van der Waals surface area contributed by atoms with Gasteiger partial charge in [-0.05, 0) is 35.2 Å². The molecule has 0 amide bonds. The molecule has 0 aliphatic carbocycles. The predicted octanol–water partition coefficient (Wildman–Crippen LogP) is 3.88. The normalized spacial score (nSPS) is 12.8. The SMILES string of the molecule is CN(C[C@H](N)COc1cncc(C(C)(C)C)c1)c1cccc(Cl)c1. The third-order valence-electron chi connectivity index (χ3n) is 3.80. The Balaban J connectivity index is 1.90. The van der Waals surface area contributed by atoms with Crippen molar-refractivity contribution < 1.29 is 4.74 Å². The third kappa shape index (κ3) is 5.39. The molecule has 0 aliphatic heterocycles. The number of pyridine rings is 1. The highest BCUT2D eigenvalue weighted by atomic mass is 35.5. The Bertz CT molecular complexity index is 670. The lowest BCUT2D eigenvalue weighted by Gasteiger charge is -2.24. The summed E-state index contributed by atoms with van der Waals surface area (Å²) in [5.74, 6) is 0.753. The van der Waals surface area contributed by atoms with Crippen LogP contribution in [-0.2, 0) is 5.41 Å². The van der Waals surface area contributed by atoms with E-state index in [1.165, 1.54) is 0 Å². The summed E-state index contributed by atoms with van der Waals surface area (Å²) in [6.45, 7) is 7.56. The van der Waals surface area contributed by atoms with Gasteiger partial charge in [0.25, 0.3) is 0 Å². The lowest BCUT2D eigenvalue weighted by molar-refractivity contribution is 0.288. The molecule has 5 heteroatoms. The number of hydrogen-bond acceptors (Lipinski definition) is 4. The summed E-state index contributed by atoms with van der Waals surface area (Å²) in [6, 6.07) is 9.63. The van der Waals surface area contributed by atoms with Gasteiger partial charge < -0.3 is 15.4 Å². The maximum Gasteiger partial charge on any atom is 0.137 e. The smallest absolute Gasteiger partial charge is 0.137 e. The Labute approximate surface area is 149 Å². The van der Waals surface area contributed by atoms with Gasteiger partial charge in [-0.15, -0.1) is 0 Å². The second-order valence-electron chi connectivity index (χ2n) is 7.09. The number of nitrogens with two attached hydrogens (primary N) is 1. The Hall–Kier alpha value is -1.78. The molecule has 24 heavy (non-hydrogen) atoms. The van der Waals surface area contributed by atoms with Crippen molar-refractivity contribution >= 4 is 17.3 Å². The van der Waals surface area contributed by atoms with Crippen molar-refractivity contribution in [3.05, 3.63) is 53.3 Å². The van der Waals surface area contributed by atoms with Crippen LogP contribution in [0.4, 0.5) is 5.69 Å². The van der Waals surface area contributed by atoms with Crippen LogP contribution in [0.5, 0.6) is 5.75 Å². The molecule has 130 valence electrons. The highest BCUT2D eigenvalue weighted by Crippen LogP contribution is 2.24. The molecule has 0 bridgehead atoms. The number of anilines is 1. The molecule has 1 aromatic heterocycles. The molecule has 0 saturated carbocycles. The van der Waals surface area contributed by atoms with E-state index in [1.807, 2.05) is 43.6 Å². The molecule has 0 radical (unpaired) electrons. The number of benzene rings is 1. The van der Waals surface area contributed by atoms with Crippen molar-refractivity contribution in [1.29, 1.82) is 0 Å². The molecule has 0 fully saturated rings. The Morgan fingerprint density at radius 2 is 2.00 bits per heavy atom. The Morgan fingerprint density at radius 1 is 1.25 bits per heavy atom. The monoisotopic (exact) mass is 347 g/mol. The lowest BCUT2D eigenvalue weighted by atomic mass is 9.88. The van der Waals surface area contributed by atoms with Gasteiger partial charge >= 0.3 is 0 Å². The van der Waals surface area contributed by atoms with Gasteiger partial charge in [-0.25, -0.2) is 0 Å². The molecule has 1 aromatic carbocycles. The van der Waals surface area contributed by atoms with E-state index in [0.29, 0.717) is 18.2 Å². The number of likely N-dealkylation sites (N-methyl/N-ethyl adjacent to an activating group) is 1. The maximum absolute atomic E-state index is 6.20. The van der Waals surface area contributed by atoms with Gasteiger partial charge in [0.15, 0.2) is 0 Å². The number of halogens is 1. The molecule has 4 nitrogen and oxygen atoms in total. The van der Waals surface area contributed by atoms with E-state index in [1.54, 1.807) is 6.20 Å². The van der Waals surface area contributed by atoms with Crippen LogP contribution >= 0.6 is 11.6 Å². The molecule has 0 unspecified atom stereocenters. The van der Waals surface area contributed by atoms with Gasteiger partial charge in [-0.2, -0.15) is 0 Å². The topological polar surface area (TPSA) is 51.4 Å². The Kier molecular flexibility index (Phi) is 6.08. The van der Waals surface area contributed by atoms with Gasteiger partial charge in [0.2, 0.25) is 0 Å². The number of hydrogen-bond donors (Lipinski definition) is 1. The highest BCUT2D eigenvalue weighted by Gasteiger charge is 2.15. The molecule has 0 spiro atoms. The zero-order valence-electron chi connectivity index (χ0n) is 14.8. The van der Waals surface area contributed by atoms with Gasteiger partial charge in [0.1, 0.15) is 12.4 Å². The van der Waals surface area contributed by atoms with Crippen LogP contribution in [0.2, 0.25) is 5.02 Å². The van der Waals surface area contributed by atoms with Gasteiger partial charge in [-0.3, -0.25) is 4.98 Å². The van der Waals surface area contributed by atoms with Gasteiger partial charge in [0.05, 0.1) is 12.2 Å². The third-order valence-corrected chi connectivity index (χ3v) is 4.04. The zero-order chi connectivity index (χ0) is 17.7. The minimum absolute atomic E-state index is 0.0429. The van der Waals surface area contributed by atoms with Crippen molar-refractivity contribution in [2.24, 2.45) is 5.73 Å². The summed E-state index contributed by atoms with van der Waals surface area (Å²) < 4.78 is 5.82. The minimum atomic E-state index is -0.118. The van der Waals surface area contributed by atoms with Crippen LogP contribution in [-0.4, -0.2) is 31.2 Å². The fourth-order valence-electron chi connectivity index (χ4n) is 2.33. The summed E-state index contributed by atoms with van der Waals surface area (Å²) >= 11 is 6.03. The number of rotatable bonds is 6. The molecule has 1 heterocycles. The summed E-state index contributed by atoms with van der Waals surface area (Å²) in [4.78, 5) is 6.33. The predicted molar refractivity (Wildman–Crippen MR) is 101 cm³/mol. The first-order valence-electron chi connectivity index (χ1n) is 8.06. The van der Waals surface area contributed by atoms with Crippen LogP contribution in [0.25, 0.3) is 0 Å². The van der Waals surface area contributed by atoms with Crippen LogP contribution in [0.3, 0.4) is 0 Å². The molecule has 2 N–H and O–H groups in total. The quantitative estimate of drug-likeness (QED) is 0.861. The molecular weight excluding hydrogens is 322 g/mol. The Morgan fingerprint density at radius 3 is 2.67 bits per heavy atom. The van der Waals surface area contributed by atoms with Crippen molar-refractivity contribution in [1.82, 2.24) is 4.98 Å². The second kappa shape index (κ2) is 7.86. The van der Waals surface area contributed by atoms with Crippen LogP contribution in [0.1, 0.15) is 26.3 Å². The van der Waals surface area contributed by atoms with E-state index in [4.69, 9.17) is 22.1 Å². The molecule has 0 aliphatic rings. The van der Waals surface area contributed by atoms with E-state index in [2.05, 4.69) is 30.7 Å². The fraction of sp³-hybridized carbons (Fsp3) is 0.421. The first kappa shape index (κ1) is 18.6. The van der Waals surface area contributed by atoms with Crippen LogP contribution < -0.4 is 15.4 Å². The van der Waals surface area contributed by atoms with E-state index in [0.717, 1.165) is 17.0 Å².